The van der Waals surface area contributed by atoms with Gasteiger partial charge in [-0.1, -0.05) is 6.42 Å². The standard InChI is InChI=1S/C11H21F3N2/c1-10(2,15)7-16-9-5-3-4-8(6-9)11(12,13)14/h8-9,16H,3-7,15H2,1-2H3. The average molecular weight is 238 g/mol. The molecule has 2 nitrogen and oxygen atoms in total. The number of nitrogens with two attached hydrogens (primary N) is 1. The van der Waals surface area contributed by atoms with Gasteiger partial charge in [-0.3, -0.25) is 0 Å². The minimum atomic E-state index is -4.04. The summed E-state index contributed by atoms with van der Waals surface area (Å²) in [4.78, 5) is 0. The van der Waals surface area contributed by atoms with E-state index in [0.717, 1.165) is 6.42 Å². The van der Waals surface area contributed by atoms with Gasteiger partial charge in [0, 0.05) is 18.1 Å². The maximum absolute atomic E-state index is 12.5. The second-order valence-corrected chi connectivity index (χ2v) is 5.47. The fraction of sp³-hybridized carbons (Fsp3) is 1.00. The van der Waals surface area contributed by atoms with Crippen LogP contribution in [0.3, 0.4) is 0 Å². The van der Waals surface area contributed by atoms with Crippen LogP contribution in [0.5, 0.6) is 0 Å². The molecule has 3 N–H and O–H groups in total. The number of hydrogen-bond donors (Lipinski definition) is 2. The first-order chi connectivity index (χ1) is 7.18. The Labute approximate surface area is 94.8 Å². The van der Waals surface area contributed by atoms with Crippen LogP contribution in [0.4, 0.5) is 13.2 Å². The molecule has 1 aliphatic carbocycles. The molecule has 0 aromatic carbocycles. The maximum atomic E-state index is 12.5. The van der Waals surface area contributed by atoms with Crippen molar-refractivity contribution in [2.24, 2.45) is 11.7 Å². The molecule has 1 saturated carbocycles. The third-order valence-electron chi connectivity index (χ3n) is 2.98. The monoisotopic (exact) mass is 238 g/mol. The van der Waals surface area contributed by atoms with Crippen molar-refractivity contribution in [1.82, 2.24) is 5.32 Å². The predicted molar refractivity (Wildman–Crippen MR) is 58.1 cm³/mol. The van der Waals surface area contributed by atoms with Gasteiger partial charge in [-0.05, 0) is 33.1 Å². The van der Waals surface area contributed by atoms with E-state index in [1.54, 1.807) is 0 Å². The normalized spacial score (nSPS) is 28.1. The minimum Gasteiger partial charge on any atom is -0.324 e. The Hall–Kier alpha value is -0.290. The Morgan fingerprint density at radius 3 is 2.38 bits per heavy atom. The second-order valence-electron chi connectivity index (χ2n) is 5.47. The van der Waals surface area contributed by atoms with Gasteiger partial charge in [-0.2, -0.15) is 13.2 Å². The fourth-order valence-electron chi connectivity index (χ4n) is 2.08. The van der Waals surface area contributed by atoms with E-state index in [4.69, 9.17) is 5.73 Å². The zero-order valence-corrected chi connectivity index (χ0v) is 9.90. The van der Waals surface area contributed by atoms with Crippen molar-refractivity contribution in [1.29, 1.82) is 0 Å². The molecular formula is C11H21F3N2. The topological polar surface area (TPSA) is 38.0 Å². The summed E-state index contributed by atoms with van der Waals surface area (Å²) in [5, 5.41) is 3.14. The molecule has 0 bridgehead atoms. The smallest absolute Gasteiger partial charge is 0.324 e. The minimum absolute atomic E-state index is 0.0387. The predicted octanol–water partition coefficient (Wildman–Crippen LogP) is 2.43. The summed E-state index contributed by atoms with van der Waals surface area (Å²) >= 11 is 0. The first-order valence-corrected chi connectivity index (χ1v) is 5.77. The van der Waals surface area contributed by atoms with E-state index in [-0.39, 0.29) is 24.4 Å². The number of alkyl halides is 3. The summed E-state index contributed by atoms with van der Waals surface area (Å²) in [6.07, 6.45) is -2.11. The van der Waals surface area contributed by atoms with Crippen LogP contribution in [-0.4, -0.2) is 24.3 Å². The van der Waals surface area contributed by atoms with Gasteiger partial charge in [0.1, 0.15) is 0 Å². The van der Waals surface area contributed by atoms with E-state index in [0.29, 0.717) is 13.0 Å². The van der Waals surface area contributed by atoms with Gasteiger partial charge in [0.25, 0.3) is 0 Å². The molecule has 1 fully saturated rings. The highest BCUT2D eigenvalue weighted by molar-refractivity contribution is 4.84. The molecule has 0 radical (unpaired) electrons. The third-order valence-corrected chi connectivity index (χ3v) is 2.98. The lowest BCUT2D eigenvalue weighted by Crippen LogP contribution is -2.48. The van der Waals surface area contributed by atoms with Crippen molar-refractivity contribution >= 4 is 0 Å². The van der Waals surface area contributed by atoms with Crippen molar-refractivity contribution in [2.45, 2.75) is 57.3 Å². The van der Waals surface area contributed by atoms with Gasteiger partial charge in [0.05, 0.1) is 5.92 Å². The lowest BCUT2D eigenvalue weighted by molar-refractivity contribution is -0.183. The summed E-state index contributed by atoms with van der Waals surface area (Å²) < 4.78 is 37.6. The first-order valence-electron chi connectivity index (χ1n) is 5.77. The Morgan fingerprint density at radius 1 is 1.25 bits per heavy atom. The summed E-state index contributed by atoms with van der Waals surface area (Å²) in [6, 6.07) is -0.0387. The van der Waals surface area contributed by atoms with Crippen molar-refractivity contribution in [2.75, 3.05) is 6.54 Å². The van der Waals surface area contributed by atoms with Crippen LogP contribution in [0.25, 0.3) is 0 Å². The molecule has 0 spiro atoms. The van der Waals surface area contributed by atoms with Crippen LogP contribution >= 0.6 is 0 Å². The fourth-order valence-corrected chi connectivity index (χ4v) is 2.08. The van der Waals surface area contributed by atoms with E-state index in [2.05, 4.69) is 5.32 Å². The van der Waals surface area contributed by atoms with Crippen molar-refractivity contribution in [3.05, 3.63) is 0 Å². The van der Waals surface area contributed by atoms with E-state index in [1.807, 2.05) is 13.8 Å². The Kier molecular flexibility index (Phi) is 4.23. The van der Waals surface area contributed by atoms with Gasteiger partial charge in [-0.15, -0.1) is 0 Å². The lowest BCUT2D eigenvalue weighted by atomic mass is 9.85. The zero-order chi connectivity index (χ0) is 12.4. The average Bonchev–Trinajstić information content (AvgIpc) is 2.13. The van der Waals surface area contributed by atoms with Crippen LogP contribution in [0.1, 0.15) is 39.5 Å². The van der Waals surface area contributed by atoms with Crippen LogP contribution in [0.15, 0.2) is 0 Å². The number of hydrogen-bond acceptors (Lipinski definition) is 2. The molecule has 16 heavy (non-hydrogen) atoms. The van der Waals surface area contributed by atoms with E-state index in [1.165, 1.54) is 0 Å². The molecule has 2 unspecified atom stereocenters. The zero-order valence-electron chi connectivity index (χ0n) is 9.90. The molecular weight excluding hydrogens is 217 g/mol. The summed E-state index contributed by atoms with van der Waals surface area (Å²) in [5.74, 6) is -1.14. The molecule has 0 saturated heterocycles. The number of nitrogens with one attached hydrogen (secondary N) is 1. The highest BCUT2D eigenvalue weighted by atomic mass is 19.4. The maximum Gasteiger partial charge on any atom is 0.391 e. The largest absolute Gasteiger partial charge is 0.391 e. The Morgan fingerprint density at radius 2 is 1.88 bits per heavy atom. The molecule has 5 heteroatoms. The summed E-state index contributed by atoms with van der Waals surface area (Å²) in [5.41, 5.74) is 5.42. The Bertz CT molecular complexity index is 220. The molecule has 0 aromatic heterocycles. The molecule has 1 rings (SSSR count). The molecule has 2 atom stereocenters. The van der Waals surface area contributed by atoms with Crippen LogP contribution in [-0.2, 0) is 0 Å². The van der Waals surface area contributed by atoms with Crippen LogP contribution in [0, 0.1) is 5.92 Å². The van der Waals surface area contributed by atoms with Crippen molar-refractivity contribution < 1.29 is 13.2 Å². The molecule has 0 aromatic rings. The van der Waals surface area contributed by atoms with Crippen molar-refractivity contribution in [3.63, 3.8) is 0 Å². The van der Waals surface area contributed by atoms with Gasteiger partial charge in [0.15, 0.2) is 0 Å². The molecule has 1 aliphatic rings. The highest BCUT2D eigenvalue weighted by Gasteiger charge is 2.42. The van der Waals surface area contributed by atoms with E-state index < -0.39 is 12.1 Å². The number of halogens is 3. The van der Waals surface area contributed by atoms with Gasteiger partial charge in [0.2, 0.25) is 0 Å². The highest BCUT2D eigenvalue weighted by Crippen LogP contribution is 2.37. The second kappa shape index (κ2) is 4.92. The van der Waals surface area contributed by atoms with E-state index >= 15 is 0 Å². The molecule has 0 heterocycles. The van der Waals surface area contributed by atoms with Crippen LogP contribution < -0.4 is 11.1 Å². The van der Waals surface area contributed by atoms with Crippen molar-refractivity contribution in [3.8, 4) is 0 Å². The van der Waals surface area contributed by atoms with Gasteiger partial charge in [-0.25, -0.2) is 0 Å². The third kappa shape index (κ3) is 4.70. The summed E-state index contributed by atoms with van der Waals surface area (Å²) in [6.45, 7) is 4.29. The van der Waals surface area contributed by atoms with E-state index in [9.17, 15) is 13.2 Å². The van der Waals surface area contributed by atoms with Gasteiger partial charge < -0.3 is 11.1 Å². The Balaban J connectivity index is 2.39. The number of rotatable bonds is 3. The van der Waals surface area contributed by atoms with Gasteiger partial charge >= 0.3 is 6.18 Å². The quantitative estimate of drug-likeness (QED) is 0.792. The molecule has 0 amide bonds. The molecule has 96 valence electrons. The van der Waals surface area contributed by atoms with Crippen LogP contribution in [0.2, 0.25) is 0 Å². The SMILES string of the molecule is CC(C)(N)CNC1CCCC(C(F)(F)F)C1. The lowest BCUT2D eigenvalue weighted by Gasteiger charge is -2.33. The molecule has 0 aliphatic heterocycles. The first kappa shape index (κ1) is 13.8. The summed E-state index contributed by atoms with van der Waals surface area (Å²) in [7, 11) is 0.